The van der Waals surface area contributed by atoms with E-state index in [0.717, 1.165) is 38.0 Å². The Balaban J connectivity index is 1.55. The molecule has 4 rings (SSSR count). The number of ether oxygens (including phenoxy) is 1. The number of pyridine rings is 1. The molecular formula is C21H25N3O2. The lowest BCUT2D eigenvalue weighted by atomic mass is 9.93. The molecule has 0 radical (unpaired) electrons. The van der Waals surface area contributed by atoms with Gasteiger partial charge in [0.25, 0.3) is 0 Å². The van der Waals surface area contributed by atoms with E-state index in [1.165, 1.54) is 5.56 Å². The second-order valence-electron chi connectivity index (χ2n) is 7.29. The molecule has 0 unspecified atom stereocenters. The van der Waals surface area contributed by atoms with Crippen molar-refractivity contribution in [3.8, 4) is 0 Å². The minimum Gasteiger partial charge on any atom is -0.447 e. The van der Waals surface area contributed by atoms with Crippen molar-refractivity contribution in [2.45, 2.75) is 31.2 Å². The minimum absolute atomic E-state index is 0.00913. The standard InChI is InChI=1S/C21H25N3O2/c1-23-12-10-17(11-13-23)19-8-5-9-20(22-19)24-18(15-26-21(24)25)14-16-6-3-2-4-7-16/h2-9,17-18H,10-15H2,1H3/t18-/m1/s1. The maximum absolute atomic E-state index is 12.4. The van der Waals surface area contributed by atoms with Crippen LogP contribution >= 0.6 is 0 Å². The molecule has 0 spiro atoms. The van der Waals surface area contributed by atoms with Gasteiger partial charge in [-0.25, -0.2) is 9.78 Å². The predicted octanol–water partition coefficient (Wildman–Crippen LogP) is 3.46. The van der Waals surface area contributed by atoms with E-state index in [1.54, 1.807) is 4.90 Å². The molecule has 2 fully saturated rings. The van der Waals surface area contributed by atoms with Gasteiger partial charge in [-0.3, -0.25) is 4.90 Å². The van der Waals surface area contributed by atoms with Crippen LogP contribution in [0.25, 0.3) is 0 Å². The number of carbonyl (C=O) groups is 1. The molecule has 0 saturated carbocycles. The topological polar surface area (TPSA) is 45.7 Å². The van der Waals surface area contributed by atoms with Crippen molar-refractivity contribution in [1.82, 2.24) is 9.88 Å². The van der Waals surface area contributed by atoms with Crippen molar-refractivity contribution < 1.29 is 9.53 Å². The molecule has 2 aliphatic heterocycles. The first-order valence-electron chi connectivity index (χ1n) is 9.36. The lowest BCUT2D eigenvalue weighted by molar-refractivity contribution is 0.178. The first-order valence-corrected chi connectivity index (χ1v) is 9.36. The number of likely N-dealkylation sites (tertiary alicyclic amines) is 1. The van der Waals surface area contributed by atoms with Crippen LogP contribution in [-0.2, 0) is 11.2 Å². The van der Waals surface area contributed by atoms with Crippen molar-refractivity contribution in [1.29, 1.82) is 0 Å². The third-order valence-electron chi connectivity index (χ3n) is 5.41. The Kier molecular flexibility index (Phi) is 4.89. The molecule has 1 amide bonds. The van der Waals surface area contributed by atoms with Gasteiger partial charge in [-0.2, -0.15) is 0 Å². The highest BCUT2D eigenvalue weighted by Gasteiger charge is 2.35. The fraction of sp³-hybridized carbons (Fsp3) is 0.429. The third-order valence-corrected chi connectivity index (χ3v) is 5.41. The smallest absolute Gasteiger partial charge is 0.415 e. The molecule has 1 aromatic carbocycles. The highest BCUT2D eigenvalue weighted by molar-refractivity contribution is 5.89. The van der Waals surface area contributed by atoms with Crippen LogP contribution in [0.1, 0.15) is 30.0 Å². The molecule has 26 heavy (non-hydrogen) atoms. The van der Waals surface area contributed by atoms with E-state index in [9.17, 15) is 4.79 Å². The summed E-state index contributed by atoms with van der Waals surface area (Å²) in [5.41, 5.74) is 2.29. The Morgan fingerprint density at radius 2 is 1.85 bits per heavy atom. The van der Waals surface area contributed by atoms with Crippen molar-refractivity contribution >= 4 is 11.9 Å². The van der Waals surface area contributed by atoms with Gasteiger partial charge in [0.15, 0.2) is 0 Å². The van der Waals surface area contributed by atoms with Crippen LogP contribution in [0.2, 0.25) is 0 Å². The maximum Gasteiger partial charge on any atom is 0.415 e. The summed E-state index contributed by atoms with van der Waals surface area (Å²) in [5, 5.41) is 0. The second kappa shape index (κ2) is 7.46. The Morgan fingerprint density at radius 3 is 2.62 bits per heavy atom. The van der Waals surface area contributed by atoms with Crippen LogP contribution in [0.3, 0.4) is 0 Å². The largest absolute Gasteiger partial charge is 0.447 e. The van der Waals surface area contributed by atoms with Gasteiger partial charge >= 0.3 is 6.09 Å². The maximum atomic E-state index is 12.4. The van der Waals surface area contributed by atoms with Gasteiger partial charge in [0, 0.05) is 11.6 Å². The Morgan fingerprint density at radius 1 is 1.08 bits per heavy atom. The highest BCUT2D eigenvalue weighted by Crippen LogP contribution is 2.29. The van der Waals surface area contributed by atoms with Crippen molar-refractivity contribution in [3.63, 3.8) is 0 Å². The van der Waals surface area contributed by atoms with E-state index in [-0.39, 0.29) is 12.1 Å². The summed E-state index contributed by atoms with van der Waals surface area (Å²) in [7, 11) is 2.16. The number of cyclic esters (lactones) is 1. The fourth-order valence-electron chi connectivity index (χ4n) is 3.88. The number of nitrogens with zero attached hydrogens (tertiary/aromatic N) is 3. The summed E-state index contributed by atoms with van der Waals surface area (Å²) in [4.78, 5) is 21.3. The van der Waals surface area contributed by atoms with Gasteiger partial charge in [0.05, 0.1) is 6.04 Å². The van der Waals surface area contributed by atoms with Crippen LogP contribution in [0, 0.1) is 0 Å². The van der Waals surface area contributed by atoms with E-state index in [1.807, 2.05) is 30.3 Å². The summed E-state index contributed by atoms with van der Waals surface area (Å²) in [5.74, 6) is 1.18. The van der Waals surface area contributed by atoms with Crippen LogP contribution in [0.15, 0.2) is 48.5 Å². The number of hydrogen-bond acceptors (Lipinski definition) is 4. The zero-order valence-electron chi connectivity index (χ0n) is 15.2. The molecule has 0 aliphatic carbocycles. The van der Waals surface area contributed by atoms with Gasteiger partial charge < -0.3 is 9.64 Å². The lowest BCUT2D eigenvalue weighted by Gasteiger charge is -2.29. The number of benzene rings is 1. The van der Waals surface area contributed by atoms with Gasteiger partial charge in [-0.05, 0) is 57.1 Å². The third kappa shape index (κ3) is 3.58. The van der Waals surface area contributed by atoms with Gasteiger partial charge in [-0.15, -0.1) is 0 Å². The van der Waals surface area contributed by atoms with E-state index in [4.69, 9.17) is 9.72 Å². The molecule has 0 bridgehead atoms. The van der Waals surface area contributed by atoms with Crippen LogP contribution in [0.5, 0.6) is 0 Å². The summed E-state index contributed by atoms with van der Waals surface area (Å²) >= 11 is 0. The highest BCUT2D eigenvalue weighted by atomic mass is 16.6. The van der Waals surface area contributed by atoms with E-state index in [0.29, 0.717) is 18.3 Å². The fourth-order valence-corrected chi connectivity index (χ4v) is 3.88. The van der Waals surface area contributed by atoms with Crippen LogP contribution < -0.4 is 4.90 Å². The zero-order chi connectivity index (χ0) is 17.9. The summed E-state index contributed by atoms with van der Waals surface area (Å²) in [6.07, 6.45) is 2.71. The van der Waals surface area contributed by atoms with Gasteiger partial charge in [-0.1, -0.05) is 36.4 Å². The molecule has 2 aromatic rings. The van der Waals surface area contributed by atoms with Gasteiger partial charge in [0.2, 0.25) is 0 Å². The Bertz CT molecular complexity index is 757. The number of piperidine rings is 1. The lowest BCUT2D eigenvalue weighted by Crippen LogP contribution is -2.36. The number of rotatable bonds is 4. The summed E-state index contributed by atoms with van der Waals surface area (Å²) < 4.78 is 5.34. The summed E-state index contributed by atoms with van der Waals surface area (Å²) in [6.45, 7) is 2.60. The van der Waals surface area contributed by atoms with E-state index >= 15 is 0 Å². The number of hydrogen-bond donors (Lipinski definition) is 0. The number of amides is 1. The van der Waals surface area contributed by atoms with E-state index in [2.05, 4.69) is 30.1 Å². The van der Waals surface area contributed by atoms with Crippen molar-refractivity contribution in [3.05, 3.63) is 59.8 Å². The van der Waals surface area contributed by atoms with Crippen LogP contribution in [0.4, 0.5) is 10.6 Å². The molecule has 5 heteroatoms. The molecule has 1 aromatic heterocycles. The van der Waals surface area contributed by atoms with Crippen molar-refractivity contribution in [2.24, 2.45) is 0 Å². The van der Waals surface area contributed by atoms with Gasteiger partial charge in [0.1, 0.15) is 12.4 Å². The van der Waals surface area contributed by atoms with E-state index < -0.39 is 0 Å². The quantitative estimate of drug-likeness (QED) is 0.846. The first kappa shape index (κ1) is 17.0. The first-order chi connectivity index (χ1) is 12.7. The molecule has 0 N–H and O–H groups in total. The zero-order valence-corrected chi connectivity index (χ0v) is 15.2. The summed E-state index contributed by atoms with van der Waals surface area (Å²) in [6, 6.07) is 16.2. The molecule has 136 valence electrons. The number of aromatic nitrogens is 1. The number of carbonyl (C=O) groups excluding carboxylic acids is 1. The average molecular weight is 351 g/mol. The molecule has 2 saturated heterocycles. The minimum atomic E-state index is -0.293. The molecular weight excluding hydrogens is 326 g/mol. The second-order valence-corrected chi connectivity index (χ2v) is 7.29. The average Bonchev–Trinajstić information content (AvgIpc) is 3.03. The number of anilines is 1. The Hall–Kier alpha value is -2.40. The molecule has 3 heterocycles. The monoisotopic (exact) mass is 351 g/mol. The Labute approximate surface area is 154 Å². The molecule has 2 aliphatic rings. The SMILES string of the molecule is CN1CCC(c2cccc(N3C(=O)OC[C@H]3Cc3ccccc3)n2)CC1. The van der Waals surface area contributed by atoms with Crippen LogP contribution in [-0.4, -0.2) is 48.8 Å². The predicted molar refractivity (Wildman–Crippen MR) is 101 cm³/mol. The normalized spacial score (nSPS) is 21.8. The molecule has 5 nitrogen and oxygen atoms in total. The van der Waals surface area contributed by atoms with Crippen molar-refractivity contribution in [2.75, 3.05) is 31.6 Å². The molecule has 1 atom stereocenters.